The SMILES string of the molecule is Cc1cc(-c2ccc(CCN)cc2)nc(N)n1. The Morgan fingerprint density at radius 2 is 1.82 bits per heavy atom. The van der Waals surface area contributed by atoms with Gasteiger partial charge in [-0.1, -0.05) is 24.3 Å². The summed E-state index contributed by atoms with van der Waals surface area (Å²) in [6.07, 6.45) is 0.894. The first-order chi connectivity index (χ1) is 8.19. The monoisotopic (exact) mass is 228 g/mol. The predicted molar refractivity (Wildman–Crippen MR) is 69.4 cm³/mol. The Hall–Kier alpha value is -1.94. The van der Waals surface area contributed by atoms with Crippen molar-refractivity contribution in [3.05, 3.63) is 41.6 Å². The molecule has 1 aromatic carbocycles. The molecule has 0 saturated heterocycles. The molecule has 0 unspecified atom stereocenters. The van der Waals surface area contributed by atoms with E-state index >= 15 is 0 Å². The van der Waals surface area contributed by atoms with E-state index in [0.717, 1.165) is 23.4 Å². The zero-order valence-electron chi connectivity index (χ0n) is 9.85. The Labute approximate surface area is 101 Å². The van der Waals surface area contributed by atoms with Gasteiger partial charge in [0.05, 0.1) is 5.69 Å². The molecule has 0 amide bonds. The standard InChI is InChI=1S/C13H16N4/c1-9-8-12(17-13(15)16-9)11-4-2-10(3-5-11)6-7-14/h2-5,8H,6-7,14H2,1H3,(H2,15,16,17). The summed E-state index contributed by atoms with van der Waals surface area (Å²) in [5.41, 5.74) is 15.2. The van der Waals surface area contributed by atoms with Gasteiger partial charge in [0, 0.05) is 11.3 Å². The maximum absolute atomic E-state index is 5.64. The zero-order chi connectivity index (χ0) is 12.3. The van der Waals surface area contributed by atoms with Crippen LogP contribution in [0.2, 0.25) is 0 Å². The molecule has 17 heavy (non-hydrogen) atoms. The van der Waals surface area contributed by atoms with E-state index in [4.69, 9.17) is 11.5 Å². The summed E-state index contributed by atoms with van der Waals surface area (Å²) in [4.78, 5) is 8.28. The Balaban J connectivity index is 2.32. The second kappa shape index (κ2) is 4.93. The smallest absolute Gasteiger partial charge is 0.220 e. The van der Waals surface area contributed by atoms with Crippen LogP contribution in [0, 0.1) is 6.92 Å². The molecule has 2 rings (SSSR count). The molecule has 0 bridgehead atoms. The van der Waals surface area contributed by atoms with Crippen LogP contribution in [-0.2, 0) is 6.42 Å². The van der Waals surface area contributed by atoms with Gasteiger partial charge in [-0.25, -0.2) is 9.97 Å². The summed E-state index contributed by atoms with van der Waals surface area (Å²) in [6, 6.07) is 10.1. The van der Waals surface area contributed by atoms with E-state index in [2.05, 4.69) is 22.1 Å². The minimum Gasteiger partial charge on any atom is -0.368 e. The van der Waals surface area contributed by atoms with Gasteiger partial charge in [0.1, 0.15) is 0 Å². The average Bonchev–Trinajstić information content (AvgIpc) is 2.29. The number of nitrogen functional groups attached to an aromatic ring is 1. The zero-order valence-corrected chi connectivity index (χ0v) is 9.85. The van der Waals surface area contributed by atoms with E-state index < -0.39 is 0 Å². The molecule has 4 heteroatoms. The molecule has 0 radical (unpaired) electrons. The summed E-state index contributed by atoms with van der Waals surface area (Å²) in [5, 5.41) is 0. The van der Waals surface area contributed by atoms with E-state index in [1.165, 1.54) is 5.56 Å². The van der Waals surface area contributed by atoms with E-state index in [-0.39, 0.29) is 0 Å². The summed E-state index contributed by atoms with van der Waals surface area (Å²) in [7, 11) is 0. The van der Waals surface area contributed by atoms with Gasteiger partial charge in [-0.15, -0.1) is 0 Å². The van der Waals surface area contributed by atoms with E-state index in [1.54, 1.807) is 0 Å². The number of nitrogens with zero attached hydrogens (tertiary/aromatic N) is 2. The number of nitrogens with two attached hydrogens (primary N) is 2. The number of hydrogen-bond acceptors (Lipinski definition) is 4. The van der Waals surface area contributed by atoms with Crippen LogP contribution in [-0.4, -0.2) is 16.5 Å². The Bertz CT molecular complexity index is 485. The van der Waals surface area contributed by atoms with Crippen molar-refractivity contribution >= 4 is 5.95 Å². The molecule has 1 heterocycles. The van der Waals surface area contributed by atoms with Crippen molar-refractivity contribution < 1.29 is 0 Å². The lowest BCUT2D eigenvalue weighted by atomic mass is 10.1. The Morgan fingerprint density at radius 3 is 2.41 bits per heavy atom. The number of hydrogen-bond donors (Lipinski definition) is 2. The van der Waals surface area contributed by atoms with Crippen LogP contribution in [0.25, 0.3) is 11.3 Å². The fraction of sp³-hybridized carbons (Fsp3) is 0.231. The summed E-state index contributed by atoms with van der Waals surface area (Å²) in [5.74, 6) is 0.311. The van der Waals surface area contributed by atoms with Crippen molar-refractivity contribution in [3.8, 4) is 11.3 Å². The van der Waals surface area contributed by atoms with Crippen molar-refractivity contribution in [2.45, 2.75) is 13.3 Å². The number of benzene rings is 1. The molecule has 0 aliphatic rings. The van der Waals surface area contributed by atoms with Gasteiger partial charge in [-0.05, 0) is 31.5 Å². The largest absolute Gasteiger partial charge is 0.368 e. The van der Waals surface area contributed by atoms with Crippen LogP contribution >= 0.6 is 0 Å². The molecule has 0 spiro atoms. The summed E-state index contributed by atoms with van der Waals surface area (Å²) in [6.45, 7) is 2.57. The number of aryl methyl sites for hydroxylation is 1. The average molecular weight is 228 g/mol. The highest BCUT2D eigenvalue weighted by Crippen LogP contribution is 2.19. The highest BCUT2D eigenvalue weighted by molar-refractivity contribution is 5.60. The Kier molecular flexibility index (Phi) is 3.35. The lowest BCUT2D eigenvalue weighted by Gasteiger charge is -2.04. The van der Waals surface area contributed by atoms with Crippen molar-refractivity contribution in [2.24, 2.45) is 5.73 Å². The second-order valence-electron chi connectivity index (χ2n) is 3.99. The van der Waals surface area contributed by atoms with Crippen LogP contribution in [0.5, 0.6) is 0 Å². The van der Waals surface area contributed by atoms with E-state index in [1.807, 2.05) is 25.1 Å². The molecule has 0 fully saturated rings. The van der Waals surface area contributed by atoms with Crippen molar-refractivity contribution in [2.75, 3.05) is 12.3 Å². The fourth-order valence-corrected chi connectivity index (χ4v) is 1.75. The third-order valence-electron chi connectivity index (χ3n) is 2.55. The van der Waals surface area contributed by atoms with Gasteiger partial charge in [-0.2, -0.15) is 0 Å². The molecule has 2 aromatic rings. The first-order valence-corrected chi connectivity index (χ1v) is 5.59. The minimum atomic E-state index is 0.311. The number of anilines is 1. The summed E-state index contributed by atoms with van der Waals surface area (Å²) < 4.78 is 0. The first kappa shape index (κ1) is 11.5. The third kappa shape index (κ3) is 2.79. The highest BCUT2D eigenvalue weighted by atomic mass is 15.0. The van der Waals surface area contributed by atoms with Crippen LogP contribution < -0.4 is 11.5 Å². The molecular formula is C13H16N4. The van der Waals surface area contributed by atoms with Crippen LogP contribution in [0.15, 0.2) is 30.3 Å². The van der Waals surface area contributed by atoms with Gasteiger partial charge in [0.2, 0.25) is 5.95 Å². The lowest BCUT2D eigenvalue weighted by Crippen LogP contribution is -2.02. The Morgan fingerprint density at radius 1 is 1.12 bits per heavy atom. The van der Waals surface area contributed by atoms with Gasteiger partial charge in [0.15, 0.2) is 0 Å². The van der Waals surface area contributed by atoms with Crippen LogP contribution in [0.3, 0.4) is 0 Å². The highest BCUT2D eigenvalue weighted by Gasteiger charge is 2.02. The molecule has 0 saturated carbocycles. The molecule has 4 nitrogen and oxygen atoms in total. The predicted octanol–water partition coefficient (Wildman–Crippen LogP) is 1.54. The molecule has 1 aromatic heterocycles. The number of rotatable bonds is 3. The van der Waals surface area contributed by atoms with E-state index in [9.17, 15) is 0 Å². The minimum absolute atomic E-state index is 0.311. The van der Waals surface area contributed by atoms with Gasteiger partial charge < -0.3 is 11.5 Å². The molecule has 0 aliphatic carbocycles. The first-order valence-electron chi connectivity index (χ1n) is 5.59. The molecule has 4 N–H and O–H groups in total. The van der Waals surface area contributed by atoms with Gasteiger partial charge in [-0.3, -0.25) is 0 Å². The van der Waals surface area contributed by atoms with Gasteiger partial charge in [0.25, 0.3) is 0 Å². The lowest BCUT2D eigenvalue weighted by molar-refractivity contribution is 0.969. The number of aromatic nitrogens is 2. The summed E-state index contributed by atoms with van der Waals surface area (Å²) >= 11 is 0. The fourth-order valence-electron chi connectivity index (χ4n) is 1.75. The quantitative estimate of drug-likeness (QED) is 0.835. The molecule has 0 atom stereocenters. The van der Waals surface area contributed by atoms with Crippen LogP contribution in [0.1, 0.15) is 11.3 Å². The molecular weight excluding hydrogens is 212 g/mol. The normalized spacial score (nSPS) is 10.5. The van der Waals surface area contributed by atoms with Crippen molar-refractivity contribution in [3.63, 3.8) is 0 Å². The van der Waals surface area contributed by atoms with E-state index in [0.29, 0.717) is 12.5 Å². The second-order valence-corrected chi connectivity index (χ2v) is 3.99. The maximum Gasteiger partial charge on any atom is 0.220 e. The topological polar surface area (TPSA) is 77.8 Å². The van der Waals surface area contributed by atoms with Gasteiger partial charge >= 0.3 is 0 Å². The van der Waals surface area contributed by atoms with Crippen molar-refractivity contribution in [1.82, 2.24) is 9.97 Å². The molecule has 0 aliphatic heterocycles. The molecule has 88 valence electrons. The van der Waals surface area contributed by atoms with Crippen LogP contribution in [0.4, 0.5) is 5.95 Å². The van der Waals surface area contributed by atoms with Crippen molar-refractivity contribution in [1.29, 1.82) is 0 Å². The maximum atomic E-state index is 5.64. The third-order valence-corrected chi connectivity index (χ3v) is 2.55.